The Morgan fingerprint density at radius 2 is 1.78 bits per heavy atom. The van der Waals surface area contributed by atoms with Gasteiger partial charge in [-0.05, 0) is 43.2 Å². The molecule has 0 heterocycles. The van der Waals surface area contributed by atoms with Gasteiger partial charge >= 0.3 is 0 Å². The zero-order valence-electron chi connectivity index (χ0n) is 10.4. The van der Waals surface area contributed by atoms with Gasteiger partial charge in [0.15, 0.2) is 0 Å². The van der Waals surface area contributed by atoms with E-state index in [0.717, 1.165) is 21.2 Å². The van der Waals surface area contributed by atoms with E-state index < -0.39 is 6.04 Å². The van der Waals surface area contributed by atoms with E-state index in [1.165, 1.54) is 6.07 Å². The fourth-order valence-corrected chi connectivity index (χ4v) is 2.39. The summed E-state index contributed by atoms with van der Waals surface area (Å²) in [6, 6.07) is 10.5. The van der Waals surface area contributed by atoms with E-state index in [0.29, 0.717) is 5.56 Å². The lowest BCUT2D eigenvalue weighted by atomic mass is 9.94. The van der Waals surface area contributed by atoms with E-state index >= 15 is 0 Å². The molecule has 0 aliphatic carbocycles. The van der Waals surface area contributed by atoms with Crippen LogP contribution in [0.2, 0.25) is 0 Å². The average Bonchev–Trinajstić information content (AvgIpc) is 2.34. The highest BCUT2D eigenvalue weighted by molar-refractivity contribution is 9.10. The first kappa shape index (κ1) is 13.2. The molecule has 2 N–H and O–H groups in total. The van der Waals surface area contributed by atoms with Gasteiger partial charge in [0.25, 0.3) is 0 Å². The third-order valence-electron chi connectivity index (χ3n) is 3.06. The fourth-order valence-electron chi connectivity index (χ4n) is 2.02. The maximum atomic E-state index is 13.8. The molecule has 2 aromatic carbocycles. The molecule has 0 saturated carbocycles. The normalized spacial score (nSPS) is 12.5. The van der Waals surface area contributed by atoms with Gasteiger partial charge in [0.05, 0.1) is 6.04 Å². The molecule has 0 aromatic heterocycles. The van der Waals surface area contributed by atoms with Gasteiger partial charge in [0, 0.05) is 10.0 Å². The Kier molecular flexibility index (Phi) is 3.83. The molecule has 2 aromatic rings. The smallest absolute Gasteiger partial charge is 0.128 e. The van der Waals surface area contributed by atoms with Crippen molar-refractivity contribution in [2.75, 3.05) is 0 Å². The van der Waals surface area contributed by atoms with Crippen molar-refractivity contribution in [2.24, 2.45) is 5.73 Å². The molecule has 0 fully saturated rings. The molecule has 1 nitrogen and oxygen atoms in total. The maximum Gasteiger partial charge on any atom is 0.128 e. The number of hydrogen-bond acceptors (Lipinski definition) is 1. The van der Waals surface area contributed by atoms with Crippen LogP contribution in [-0.4, -0.2) is 0 Å². The highest BCUT2D eigenvalue weighted by Gasteiger charge is 2.15. The number of benzene rings is 2. The van der Waals surface area contributed by atoms with Gasteiger partial charge in [0.2, 0.25) is 0 Å². The summed E-state index contributed by atoms with van der Waals surface area (Å²) in [4.78, 5) is 0. The lowest BCUT2D eigenvalue weighted by molar-refractivity contribution is 0.598. The van der Waals surface area contributed by atoms with Crippen molar-refractivity contribution in [3.63, 3.8) is 0 Å². The Labute approximate surface area is 115 Å². The van der Waals surface area contributed by atoms with Crippen molar-refractivity contribution in [1.29, 1.82) is 0 Å². The molecule has 0 spiro atoms. The van der Waals surface area contributed by atoms with Crippen molar-refractivity contribution in [3.05, 3.63) is 68.9 Å². The fraction of sp³-hybridized carbons (Fsp3) is 0.200. The molecular weight excluding hydrogens is 293 g/mol. The first-order chi connectivity index (χ1) is 8.49. The van der Waals surface area contributed by atoms with Crippen LogP contribution in [0.4, 0.5) is 4.39 Å². The Bertz CT molecular complexity index is 529. The monoisotopic (exact) mass is 307 g/mol. The Balaban J connectivity index is 2.50. The zero-order valence-corrected chi connectivity index (χ0v) is 12.0. The molecule has 18 heavy (non-hydrogen) atoms. The van der Waals surface area contributed by atoms with E-state index in [4.69, 9.17) is 5.73 Å². The van der Waals surface area contributed by atoms with Crippen molar-refractivity contribution in [2.45, 2.75) is 19.9 Å². The van der Waals surface area contributed by atoms with Gasteiger partial charge in [-0.2, -0.15) is 0 Å². The van der Waals surface area contributed by atoms with Gasteiger partial charge in [-0.1, -0.05) is 39.7 Å². The Morgan fingerprint density at radius 3 is 2.50 bits per heavy atom. The minimum absolute atomic E-state index is 0.257. The predicted octanol–water partition coefficient (Wildman–Crippen LogP) is 4.25. The van der Waals surface area contributed by atoms with Crippen LogP contribution < -0.4 is 5.73 Å². The number of nitrogens with two attached hydrogens (primary N) is 1. The lowest BCUT2D eigenvalue weighted by Gasteiger charge is -2.17. The van der Waals surface area contributed by atoms with Crippen LogP contribution >= 0.6 is 15.9 Å². The molecule has 94 valence electrons. The van der Waals surface area contributed by atoms with E-state index in [2.05, 4.69) is 15.9 Å². The third-order valence-corrected chi connectivity index (χ3v) is 3.56. The SMILES string of the molecule is Cc1ccc(F)c(C(N)c2cc(Br)ccc2C)c1. The van der Waals surface area contributed by atoms with Crippen LogP contribution in [0.25, 0.3) is 0 Å². The summed E-state index contributed by atoms with van der Waals surface area (Å²) >= 11 is 3.42. The second kappa shape index (κ2) is 5.21. The predicted molar refractivity (Wildman–Crippen MR) is 76.0 cm³/mol. The van der Waals surface area contributed by atoms with Gasteiger partial charge in [0.1, 0.15) is 5.82 Å². The van der Waals surface area contributed by atoms with Crippen LogP contribution in [0.3, 0.4) is 0 Å². The van der Waals surface area contributed by atoms with Crippen molar-refractivity contribution >= 4 is 15.9 Å². The maximum absolute atomic E-state index is 13.8. The second-order valence-electron chi connectivity index (χ2n) is 4.50. The lowest BCUT2D eigenvalue weighted by Crippen LogP contribution is -2.15. The van der Waals surface area contributed by atoms with E-state index in [-0.39, 0.29) is 5.82 Å². The molecule has 0 aliphatic rings. The highest BCUT2D eigenvalue weighted by atomic mass is 79.9. The topological polar surface area (TPSA) is 26.0 Å². The molecule has 0 radical (unpaired) electrons. The van der Waals surface area contributed by atoms with Gasteiger partial charge in [-0.25, -0.2) is 4.39 Å². The van der Waals surface area contributed by atoms with Gasteiger partial charge in [-0.3, -0.25) is 0 Å². The van der Waals surface area contributed by atoms with Crippen molar-refractivity contribution < 1.29 is 4.39 Å². The Morgan fingerprint density at radius 1 is 1.06 bits per heavy atom. The number of hydrogen-bond donors (Lipinski definition) is 1. The number of aryl methyl sites for hydroxylation is 2. The quantitative estimate of drug-likeness (QED) is 0.881. The zero-order chi connectivity index (χ0) is 13.3. The molecule has 3 heteroatoms. The first-order valence-corrected chi connectivity index (χ1v) is 6.56. The average molecular weight is 308 g/mol. The van der Waals surface area contributed by atoms with E-state index in [1.807, 2.05) is 32.0 Å². The minimum atomic E-state index is -0.442. The summed E-state index contributed by atoms with van der Waals surface area (Å²) in [6.07, 6.45) is 0. The summed E-state index contributed by atoms with van der Waals surface area (Å²) in [5.74, 6) is -0.257. The summed E-state index contributed by atoms with van der Waals surface area (Å²) in [5, 5.41) is 0. The molecule has 0 bridgehead atoms. The molecular formula is C15H15BrFN. The van der Waals surface area contributed by atoms with E-state index in [1.54, 1.807) is 12.1 Å². The molecule has 0 amide bonds. The van der Waals surface area contributed by atoms with Crippen LogP contribution in [0, 0.1) is 19.7 Å². The first-order valence-electron chi connectivity index (χ1n) is 5.76. The van der Waals surface area contributed by atoms with Gasteiger partial charge in [-0.15, -0.1) is 0 Å². The largest absolute Gasteiger partial charge is 0.320 e. The third kappa shape index (κ3) is 2.62. The number of rotatable bonds is 2. The molecule has 1 unspecified atom stereocenters. The van der Waals surface area contributed by atoms with Crippen LogP contribution in [-0.2, 0) is 0 Å². The summed E-state index contributed by atoms with van der Waals surface area (Å²) in [6.45, 7) is 3.92. The highest BCUT2D eigenvalue weighted by Crippen LogP contribution is 2.27. The van der Waals surface area contributed by atoms with E-state index in [9.17, 15) is 4.39 Å². The minimum Gasteiger partial charge on any atom is -0.320 e. The molecule has 0 saturated heterocycles. The van der Waals surface area contributed by atoms with Crippen LogP contribution in [0.15, 0.2) is 40.9 Å². The van der Waals surface area contributed by atoms with Crippen LogP contribution in [0.1, 0.15) is 28.3 Å². The van der Waals surface area contributed by atoms with Crippen LogP contribution in [0.5, 0.6) is 0 Å². The van der Waals surface area contributed by atoms with Crippen molar-refractivity contribution in [3.8, 4) is 0 Å². The Hall–Kier alpha value is -1.19. The molecule has 2 rings (SSSR count). The molecule has 1 atom stereocenters. The molecule has 0 aliphatic heterocycles. The standard InChI is InChI=1S/C15H15BrFN/c1-9-3-6-14(17)13(7-9)15(18)12-8-11(16)5-4-10(12)2/h3-8,15H,18H2,1-2H3. The summed E-state index contributed by atoms with van der Waals surface area (Å²) in [5.41, 5.74) is 9.74. The summed E-state index contributed by atoms with van der Waals surface area (Å²) < 4.78 is 14.8. The summed E-state index contributed by atoms with van der Waals surface area (Å²) in [7, 11) is 0. The van der Waals surface area contributed by atoms with Crippen molar-refractivity contribution in [1.82, 2.24) is 0 Å². The second-order valence-corrected chi connectivity index (χ2v) is 5.42. The number of halogens is 2. The van der Waals surface area contributed by atoms with Gasteiger partial charge < -0.3 is 5.73 Å².